The molecular weight excluding hydrogens is 256 g/mol. The molecule has 0 aromatic heterocycles. The zero-order valence-electron chi connectivity index (χ0n) is 11.3. The summed E-state index contributed by atoms with van der Waals surface area (Å²) in [5, 5.41) is 11.7. The third kappa shape index (κ3) is 3.36. The van der Waals surface area contributed by atoms with Crippen LogP contribution in [0.3, 0.4) is 0 Å². The van der Waals surface area contributed by atoms with Gasteiger partial charge in [0, 0.05) is 6.54 Å². The van der Waals surface area contributed by atoms with Crippen LogP contribution >= 0.6 is 0 Å². The van der Waals surface area contributed by atoms with Gasteiger partial charge in [0.15, 0.2) is 0 Å². The molecule has 0 aliphatic heterocycles. The van der Waals surface area contributed by atoms with Crippen LogP contribution in [0.4, 0.5) is 0 Å². The van der Waals surface area contributed by atoms with Crippen LogP contribution in [0, 0.1) is 5.41 Å². The molecule has 1 saturated carbocycles. The lowest BCUT2D eigenvalue weighted by atomic mass is 9.66. The Labute approximate surface area is 118 Å². The summed E-state index contributed by atoms with van der Waals surface area (Å²) < 4.78 is 0. The standard InChI is InChI=1S/C15H20N2O3/c16-13(11-5-2-1-3-6-11)14(20)17-10-15(7-4-8-15)9-12(18)19/h1-3,5-6,13H,4,7-10,16H2,(H,17,20)(H,18,19)/t13-/m1/s1. The molecule has 1 amide bonds. The predicted octanol–water partition coefficient (Wildman–Crippen LogP) is 1.45. The number of rotatable bonds is 6. The van der Waals surface area contributed by atoms with Gasteiger partial charge in [-0.2, -0.15) is 0 Å². The first-order valence-electron chi connectivity index (χ1n) is 6.82. The Bertz CT molecular complexity index is 483. The SMILES string of the molecule is N[C@@H](C(=O)NCC1(CC(=O)O)CCC1)c1ccccc1. The number of carboxylic acid groups (broad SMARTS) is 1. The monoisotopic (exact) mass is 276 g/mol. The summed E-state index contributed by atoms with van der Waals surface area (Å²) in [4.78, 5) is 22.9. The molecule has 0 bridgehead atoms. The molecule has 0 radical (unpaired) electrons. The van der Waals surface area contributed by atoms with E-state index in [0.717, 1.165) is 24.8 Å². The first kappa shape index (κ1) is 14.5. The van der Waals surface area contributed by atoms with E-state index < -0.39 is 12.0 Å². The van der Waals surface area contributed by atoms with Gasteiger partial charge in [0.1, 0.15) is 6.04 Å². The maximum absolute atomic E-state index is 12.0. The smallest absolute Gasteiger partial charge is 0.303 e. The number of benzene rings is 1. The summed E-state index contributed by atoms with van der Waals surface area (Å²) in [6.45, 7) is 0.388. The lowest BCUT2D eigenvalue weighted by Gasteiger charge is -2.41. The van der Waals surface area contributed by atoms with Crippen LogP contribution < -0.4 is 11.1 Å². The van der Waals surface area contributed by atoms with Crippen molar-refractivity contribution in [2.24, 2.45) is 11.1 Å². The van der Waals surface area contributed by atoms with E-state index in [1.54, 1.807) is 12.1 Å². The van der Waals surface area contributed by atoms with E-state index in [1.165, 1.54) is 0 Å². The molecule has 5 nitrogen and oxygen atoms in total. The number of amides is 1. The van der Waals surface area contributed by atoms with Crippen molar-refractivity contribution in [3.8, 4) is 0 Å². The van der Waals surface area contributed by atoms with Crippen LogP contribution in [-0.2, 0) is 9.59 Å². The Kier molecular flexibility index (Phi) is 4.39. The molecule has 0 saturated heterocycles. The highest BCUT2D eigenvalue weighted by Crippen LogP contribution is 2.43. The van der Waals surface area contributed by atoms with Gasteiger partial charge in [0.25, 0.3) is 0 Å². The molecule has 1 fully saturated rings. The Morgan fingerprint density at radius 3 is 2.45 bits per heavy atom. The molecule has 4 N–H and O–H groups in total. The maximum Gasteiger partial charge on any atom is 0.303 e. The Morgan fingerprint density at radius 2 is 1.95 bits per heavy atom. The number of aliphatic carboxylic acids is 1. The second-order valence-electron chi connectivity index (χ2n) is 5.53. The van der Waals surface area contributed by atoms with Crippen molar-refractivity contribution >= 4 is 11.9 Å². The molecule has 1 aromatic carbocycles. The highest BCUT2D eigenvalue weighted by atomic mass is 16.4. The van der Waals surface area contributed by atoms with Gasteiger partial charge in [-0.3, -0.25) is 9.59 Å². The molecule has 1 atom stereocenters. The van der Waals surface area contributed by atoms with Gasteiger partial charge in [0.05, 0.1) is 6.42 Å². The fourth-order valence-electron chi connectivity index (χ4n) is 2.61. The van der Waals surface area contributed by atoms with E-state index in [-0.39, 0.29) is 17.7 Å². The molecule has 5 heteroatoms. The largest absolute Gasteiger partial charge is 0.481 e. The summed E-state index contributed by atoms with van der Waals surface area (Å²) >= 11 is 0. The Morgan fingerprint density at radius 1 is 1.30 bits per heavy atom. The molecule has 0 spiro atoms. The van der Waals surface area contributed by atoms with E-state index in [0.29, 0.717) is 6.54 Å². The van der Waals surface area contributed by atoms with Crippen LogP contribution in [-0.4, -0.2) is 23.5 Å². The Balaban J connectivity index is 1.90. The summed E-state index contributed by atoms with van der Waals surface area (Å²) in [7, 11) is 0. The van der Waals surface area contributed by atoms with Gasteiger partial charge < -0.3 is 16.2 Å². The van der Waals surface area contributed by atoms with Crippen LogP contribution in [0.1, 0.15) is 37.3 Å². The summed E-state index contributed by atoms with van der Waals surface area (Å²) in [6, 6.07) is 8.44. The van der Waals surface area contributed by atoms with Gasteiger partial charge in [-0.05, 0) is 23.8 Å². The number of carboxylic acids is 1. The minimum Gasteiger partial charge on any atom is -0.481 e. The van der Waals surface area contributed by atoms with Gasteiger partial charge in [0.2, 0.25) is 5.91 Å². The minimum absolute atomic E-state index is 0.105. The lowest BCUT2D eigenvalue weighted by Crippen LogP contribution is -2.45. The molecule has 108 valence electrons. The average molecular weight is 276 g/mol. The number of carbonyl (C=O) groups excluding carboxylic acids is 1. The predicted molar refractivity (Wildman–Crippen MR) is 74.9 cm³/mol. The van der Waals surface area contributed by atoms with Gasteiger partial charge in [-0.15, -0.1) is 0 Å². The number of hydrogen-bond donors (Lipinski definition) is 3. The average Bonchev–Trinajstić information content (AvgIpc) is 2.41. The zero-order chi connectivity index (χ0) is 14.6. The van der Waals surface area contributed by atoms with Crippen molar-refractivity contribution in [3.05, 3.63) is 35.9 Å². The number of carbonyl (C=O) groups is 2. The quantitative estimate of drug-likeness (QED) is 0.733. The number of nitrogens with two attached hydrogens (primary N) is 1. The maximum atomic E-state index is 12.0. The summed E-state index contributed by atoms with van der Waals surface area (Å²) in [5.74, 6) is -1.07. The first-order valence-corrected chi connectivity index (χ1v) is 6.82. The fourth-order valence-corrected chi connectivity index (χ4v) is 2.61. The molecular formula is C15H20N2O3. The molecule has 1 aromatic rings. The van der Waals surface area contributed by atoms with E-state index in [2.05, 4.69) is 5.32 Å². The van der Waals surface area contributed by atoms with Crippen LogP contribution in [0.2, 0.25) is 0 Å². The summed E-state index contributed by atoms with van der Waals surface area (Å²) in [6.07, 6.45) is 2.82. The van der Waals surface area contributed by atoms with Crippen LogP contribution in [0.15, 0.2) is 30.3 Å². The fraction of sp³-hybridized carbons (Fsp3) is 0.467. The van der Waals surface area contributed by atoms with E-state index in [4.69, 9.17) is 10.8 Å². The van der Waals surface area contributed by atoms with Gasteiger partial charge in [-0.1, -0.05) is 36.8 Å². The van der Waals surface area contributed by atoms with Crippen molar-refractivity contribution in [2.75, 3.05) is 6.54 Å². The molecule has 0 unspecified atom stereocenters. The number of hydrogen-bond acceptors (Lipinski definition) is 3. The van der Waals surface area contributed by atoms with E-state index >= 15 is 0 Å². The highest BCUT2D eigenvalue weighted by molar-refractivity contribution is 5.83. The second kappa shape index (κ2) is 6.05. The van der Waals surface area contributed by atoms with Gasteiger partial charge >= 0.3 is 5.97 Å². The van der Waals surface area contributed by atoms with Crippen LogP contribution in [0.5, 0.6) is 0 Å². The topological polar surface area (TPSA) is 92.4 Å². The van der Waals surface area contributed by atoms with Crippen molar-refractivity contribution in [3.63, 3.8) is 0 Å². The number of nitrogens with one attached hydrogen (secondary N) is 1. The van der Waals surface area contributed by atoms with E-state index in [1.807, 2.05) is 18.2 Å². The van der Waals surface area contributed by atoms with Gasteiger partial charge in [-0.25, -0.2) is 0 Å². The third-order valence-electron chi connectivity index (χ3n) is 4.02. The summed E-state index contributed by atoms with van der Waals surface area (Å²) in [5.41, 5.74) is 6.38. The van der Waals surface area contributed by atoms with Crippen molar-refractivity contribution in [1.82, 2.24) is 5.32 Å². The van der Waals surface area contributed by atoms with E-state index in [9.17, 15) is 9.59 Å². The first-order chi connectivity index (χ1) is 9.52. The molecule has 0 heterocycles. The molecule has 1 aliphatic carbocycles. The zero-order valence-corrected chi connectivity index (χ0v) is 11.3. The van der Waals surface area contributed by atoms with Crippen LogP contribution in [0.25, 0.3) is 0 Å². The third-order valence-corrected chi connectivity index (χ3v) is 4.02. The second-order valence-corrected chi connectivity index (χ2v) is 5.53. The Hall–Kier alpha value is -1.88. The molecule has 2 rings (SSSR count). The normalized spacial score (nSPS) is 17.9. The lowest BCUT2D eigenvalue weighted by molar-refractivity contribution is -0.142. The molecule has 1 aliphatic rings. The molecule has 20 heavy (non-hydrogen) atoms. The van der Waals surface area contributed by atoms with Crippen molar-refractivity contribution in [2.45, 2.75) is 31.7 Å². The highest BCUT2D eigenvalue weighted by Gasteiger charge is 2.39. The van der Waals surface area contributed by atoms with Crippen molar-refractivity contribution < 1.29 is 14.7 Å². The van der Waals surface area contributed by atoms with Crippen molar-refractivity contribution in [1.29, 1.82) is 0 Å². The minimum atomic E-state index is -0.814.